The van der Waals surface area contributed by atoms with Crippen LogP contribution in [0.25, 0.3) is 6.08 Å². The van der Waals surface area contributed by atoms with E-state index < -0.39 is 17.1 Å². The Bertz CT molecular complexity index is 1070. The number of hydrogen-bond acceptors (Lipinski definition) is 6. The Morgan fingerprint density at radius 2 is 2.16 bits per heavy atom. The third kappa shape index (κ3) is 2.34. The molecule has 0 saturated heterocycles. The lowest BCUT2D eigenvalue weighted by atomic mass is 9.45. The molecule has 164 valence electrons. The van der Waals surface area contributed by atoms with Gasteiger partial charge in [0, 0.05) is 23.4 Å². The maximum Gasteiger partial charge on any atom is 0.264 e. The fourth-order valence-electron chi connectivity index (χ4n) is 7.97. The zero-order valence-corrected chi connectivity index (χ0v) is 18.0. The van der Waals surface area contributed by atoms with Crippen LogP contribution in [-0.4, -0.2) is 42.5 Å². The molecule has 0 bridgehead atoms. The van der Waals surface area contributed by atoms with Crippen LogP contribution < -0.4 is 0 Å². The lowest BCUT2D eigenvalue weighted by Crippen LogP contribution is -2.62. The predicted octanol–water partition coefficient (Wildman–Crippen LogP) is 3.10. The Labute approximate surface area is 181 Å². The van der Waals surface area contributed by atoms with Crippen LogP contribution in [0.4, 0.5) is 0 Å². The summed E-state index contributed by atoms with van der Waals surface area (Å²) in [7, 11) is 0. The third-order valence-corrected chi connectivity index (χ3v) is 9.45. The van der Waals surface area contributed by atoms with E-state index in [0.29, 0.717) is 12.8 Å². The van der Waals surface area contributed by atoms with Gasteiger partial charge in [0.05, 0.1) is 12.3 Å². The second kappa shape index (κ2) is 6.17. The summed E-state index contributed by atoms with van der Waals surface area (Å²) in [6.07, 6.45) is 12.3. The molecular weight excluding hydrogens is 394 g/mol. The maximum atomic E-state index is 13.3. The highest BCUT2D eigenvalue weighted by molar-refractivity contribution is 5.88. The molecule has 0 aliphatic heterocycles. The van der Waals surface area contributed by atoms with E-state index in [1.54, 1.807) is 18.6 Å². The molecule has 2 aromatic rings. The van der Waals surface area contributed by atoms with Gasteiger partial charge in [-0.15, -0.1) is 0 Å². The second-order valence-electron chi connectivity index (χ2n) is 10.7. The van der Waals surface area contributed by atoms with E-state index in [0.717, 1.165) is 37.0 Å². The number of rotatable bonds is 1. The molecule has 7 atom stereocenters. The van der Waals surface area contributed by atoms with Crippen molar-refractivity contribution in [2.45, 2.75) is 64.1 Å². The van der Waals surface area contributed by atoms with E-state index in [1.807, 2.05) is 6.92 Å². The molecule has 0 amide bonds. The first kappa shape index (κ1) is 19.4. The SMILES string of the molecule is C[C@]12Cc3cnoc3C=C1CCC1C2C(O)C[C@@]2(C)C1CC[C@]2(O)C(=O)n1ccnc1. The highest BCUT2D eigenvalue weighted by Gasteiger charge is 2.68. The largest absolute Gasteiger partial charge is 0.393 e. The molecule has 7 nitrogen and oxygen atoms in total. The summed E-state index contributed by atoms with van der Waals surface area (Å²) in [5.74, 6) is 1.08. The van der Waals surface area contributed by atoms with Crippen molar-refractivity contribution < 1.29 is 19.5 Å². The summed E-state index contributed by atoms with van der Waals surface area (Å²) in [6, 6.07) is 0. The number of fused-ring (bicyclic) bond motifs is 6. The van der Waals surface area contributed by atoms with Crippen LogP contribution in [0.3, 0.4) is 0 Å². The van der Waals surface area contributed by atoms with Crippen LogP contribution in [0.15, 0.2) is 35.0 Å². The highest BCUT2D eigenvalue weighted by Crippen LogP contribution is 2.67. The van der Waals surface area contributed by atoms with E-state index in [2.05, 4.69) is 23.1 Å². The average Bonchev–Trinajstić information content (AvgIpc) is 3.45. The minimum atomic E-state index is -1.49. The van der Waals surface area contributed by atoms with Gasteiger partial charge in [0.1, 0.15) is 11.9 Å². The lowest BCUT2D eigenvalue weighted by Gasteiger charge is -2.60. The van der Waals surface area contributed by atoms with Crippen LogP contribution in [0.5, 0.6) is 0 Å². The molecule has 31 heavy (non-hydrogen) atoms. The molecule has 3 fully saturated rings. The first-order valence-corrected chi connectivity index (χ1v) is 11.4. The number of allylic oxidation sites excluding steroid dienone is 1. The molecule has 4 aliphatic carbocycles. The molecule has 2 N–H and O–H groups in total. The summed E-state index contributed by atoms with van der Waals surface area (Å²) in [4.78, 5) is 17.3. The number of nitrogens with zero attached hydrogens (tertiary/aromatic N) is 3. The standard InChI is InChI=1S/C24H29N3O4/c1-22-10-14-12-26-31-19(14)9-15(22)3-4-16-17-5-6-24(30,21(29)27-8-7-25-13-27)23(17,2)11-18(28)20(16)22/h7-9,12-13,16-18,20,28,30H,3-6,10-11H2,1-2H3/t16?,17?,18?,20?,22-,23-,24-/m0/s1. The van der Waals surface area contributed by atoms with Crippen molar-refractivity contribution in [1.29, 1.82) is 0 Å². The smallest absolute Gasteiger partial charge is 0.264 e. The molecule has 4 aliphatic rings. The number of carbonyl (C=O) groups excluding carboxylic acids is 1. The number of aliphatic hydroxyl groups is 2. The van der Waals surface area contributed by atoms with E-state index in [9.17, 15) is 15.0 Å². The van der Waals surface area contributed by atoms with Crippen molar-refractivity contribution in [3.05, 3.63) is 41.8 Å². The number of carbonyl (C=O) groups is 1. The van der Waals surface area contributed by atoms with Gasteiger partial charge in [-0.25, -0.2) is 4.98 Å². The third-order valence-electron chi connectivity index (χ3n) is 9.45. The van der Waals surface area contributed by atoms with Crippen LogP contribution in [-0.2, 0) is 6.42 Å². The zero-order valence-electron chi connectivity index (χ0n) is 18.0. The van der Waals surface area contributed by atoms with Crippen LogP contribution in [0.2, 0.25) is 0 Å². The molecule has 2 aromatic heterocycles. The van der Waals surface area contributed by atoms with Crippen molar-refractivity contribution in [2.75, 3.05) is 0 Å². The van der Waals surface area contributed by atoms with Crippen molar-refractivity contribution in [1.82, 2.24) is 14.7 Å². The second-order valence-corrected chi connectivity index (χ2v) is 10.7. The van der Waals surface area contributed by atoms with Crippen molar-refractivity contribution in [3.8, 4) is 0 Å². The molecule has 7 heteroatoms. The first-order valence-electron chi connectivity index (χ1n) is 11.4. The van der Waals surface area contributed by atoms with Crippen molar-refractivity contribution in [2.24, 2.45) is 28.6 Å². The van der Waals surface area contributed by atoms with Crippen molar-refractivity contribution in [3.63, 3.8) is 0 Å². The molecule has 0 radical (unpaired) electrons. The van der Waals surface area contributed by atoms with Gasteiger partial charge in [-0.1, -0.05) is 24.6 Å². The number of hydrogen-bond donors (Lipinski definition) is 2. The molecule has 0 aromatic carbocycles. The fourth-order valence-corrected chi connectivity index (χ4v) is 7.97. The quantitative estimate of drug-likeness (QED) is 0.731. The Balaban J connectivity index is 1.38. The maximum absolute atomic E-state index is 13.3. The van der Waals surface area contributed by atoms with Crippen LogP contribution in [0, 0.1) is 28.6 Å². The van der Waals surface area contributed by atoms with E-state index in [4.69, 9.17) is 4.52 Å². The minimum absolute atomic E-state index is 0.0966. The highest BCUT2D eigenvalue weighted by atomic mass is 16.5. The summed E-state index contributed by atoms with van der Waals surface area (Å²) < 4.78 is 6.81. The topological polar surface area (TPSA) is 101 Å². The Morgan fingerprint density at radius 3 is 2.94 bits per heavy atom. The Hall–Kier alpha value is -2.25. The number of imidazole rings is 1. The summed E-state index contributed by atoms with van der Waals surface area (Å²) in [5, 5.41) is 27.3. The van der Waals surface area contributed by atoms with Gasteiger partial charge in [-0.2, -0.15) is 0 Å². The van der Waals surface area contributed by atoms with Crippen LogP contribution >= 0.6 is 0 Å². The zero-order chi connectivity index (χ0) is 21.6. The molecule has 0 spiro atoms. The van der Waals surface area contributed by atoms with E-state index in [1.165, 1.54) is 16.5 Å². The van der Waals surface area contributed by atoms with Gasteiger partial charge < -0.3 is 14.7 Å². The normalized spacial score (nSPS) is 43.4. The van der Waals surface area contributed by atoms with Gasteiger partial charge >= 0.3 is 0 Å². The predicted molar refractivity (Wildman–Crippen MR) is 112 cm³/mol. The lowest BCUT2D eigenvalue weighted by molar-refractivity contribution is -0.156. The fraction of sp³-hybridized carbons (Fsp3) is 0.625. The number of aliphatic hydroxyl groups excluding tert-OH is 1. The Morgan fingerprint density at radius 1 is 1.32 bits per heavy atom. The van der Waals surface area contributed by atoms with E-state index in [-0.39, 0.29) is 29.1 Å². The van der Waals surface area contributed by atoms with Crippen molar-refractivity contribution >= 4 is 12.0 Å². The van der Waals surface area contributed by atoms with Gasteiger partial charge in [-0.3, -0.25) is 9.36 Å². The van der Waals surface area contributed by atoms with Crippen LogP contribution in [0.1, 0.15) is 62.1 Å². The average molecular weight is 424 g/mol. The summed E-state index contributed by atoms with van der Waals surface area (Å²) in [5.41, 5.74) is 0.130. The molecule has 2 heterocycles. The molecular formula is C24H29N3O4. The van der Waals surface area contributed by atoms with E-state index >= 15 is 0 Å². The number of aromatic nitrogens is 3. The van der Waals surface area contributed by atoms with Gasteiger partial charge in [0.25, 0.3) is 5.91 Å². The minimum Gasteiger partial charge on any atom is -0.393 e. The molecule has 4 unspecified atom stereocenters. The molecule has 3 saturated carbocycles. The Kier molecular flexibility index (Phi) is 3.87. The van der Waals surface area contributed by atoms with Gasteiger partial charge in [0.2, 0.25) is 0 Å². The van der Waals surface area contributed by atoms with Gasteiger partial charge in [-0.05, 0) is 67.8 Å². The molecule has 6 rings (SSSR count). The summed E-state index contributed by atoms with van der Waals surface area (Å²) >= 11 is 0. The summed E-state index contributed by atoms with van der Waals surface area (Å²) in [6.45, 7) is 4.29. The monoisotopic (exact) mass is 423 g/mol. The van der Waals surface area contributed by atoms with Gasteiger partial charge in [0.15, 0.2) is 5.76 Å². The first-order chi connectivity index (χ1) is 14.8.